The standard InChI is InChI=1S/C15H17FN2O.C14H15FN2O2S.C14H17N3O.2C13H15N3O2S/c1-10(19)18-7-5-11(6-8-18)12-9-17-14-4-2-3-13(16)15(12)14;1-20(18,19)17-7-5-10(6-8-17)12-9-16-14-11(12)3-2-4-13(14)15;1-10(18)17-7-4-11(5-8-17)13-9-16-14-12(13)3-2-6-15-14;1-19(17,18)16-7-4-10(5-8-16)12-9-15-13-11(12)3-2-6-14-13;1-19(17,18)16-8-6-10(7-9-16)13-11-4-2-3-5-12(11)14-15-13/h2-4,9,11,17H,5-8H2,1H3;2-5,9,16H,6-8H2,1H3;2-3,6,9,11H,4-5,7-8H2,1H3,(H,15,16);2-4,6,9H,5,7-8H2,1H3,(H,14,15);2-6H,7-9H2,1H3,(H,14,15). The van der Waals surface area contributed by atoms with E-state index in [0.717, 1.165) is 130 Å². The fourth-order valence-electron chi connectivity index (χ4n) is 13.2. The molecule has 500 valence electrons. The topological polar surface area (TPSA) is 270 Å². The first-order valence-corrected chi connectivity index (χ1v) is 37.3. The molecule has 0 bridgehead atoms. The van der Waals surface area contributed by atoms with Gasteiger partial charge in [0.25, 0.3) is 0 Å². The Hall–Kier alpha value is -8.66. The molecule has 2 saturated heterocycles. The lowest BCUT2D eigenvalue weighted by Crippen LogP contribution is -2.36. The molecule has 2 fully saturated rings. The molecule has 5 aliphatic rings. The fourth-order valence-corrected chi connectivity index (χ4v) is 15.5. The average Bonchev–Trinajstić information content (AvgIpc) is 1.96. The van der Waals surface area contributed by atoms with Crippen LogP contribution in [0.1, 0.15) is 98.6 Å². The average molecular weight is 1350 g/mol. The second kappa shape index (κ2) is 29.1. The van der Waals surface area contributed by atoms with Crippen LogP contribution < -0.4 is 0 Å². The first kappa shape index (κ1) is 67.7. The van der Waals surface area contributed by atoms with Crippen molar-refractivity contribution < 1.29 is 43.6 Å². The highest BCUT2D eigenvalue weighted by Gasteiger charge is 2.28. The molecule has 5 N–H and O–H groups in total. The summed E-state index contributed by atoms with van der Waals surface area (Å²) >= 11 is 0. The normalized spacial score (nSPS) is 17.4. The lowest BCUT2D eigenvalue weighted by molar-refractivity contribution is -0.130. The van der Waals surface area contributed by atoms with Crippen molar-refractivity contribution in [3.63, 3.8) is 0 Å². The summed E-state index contributed by atoms with van der Waals surface area (Å²) in [5.74, 6) is 0.753. The van der Waals surface area contributed by atoms with Gasteiger partial charge in [0.2, 0.25) is 41.9 Å². The zero-order valence-electron chi connectivity index (χ0n) is 53.8. The second-order valence-electron chi connectivity index (χ2n) is 24.5. The summed E-state index contributed by atoms with van der Waals surface area (Å²) < 4.78 is 101. The first-order chi connectivity index (χ1) is 45.5. The molecular formula is C69H79F2N13O8S3. The highest BCUT2D eigenvalue weighted by atomic mass is 32.2. The van der Waals surface area contributed by atoms with Crippen LogP contribution in [0.4, 0.5) is 8.78 Å². The molecule has 3 aromatic carbocycles. The number of fused-ring (bicyclic) bond motifs is 5. The van der Waals surface area contributed by atoms with Crippen LogP contribution in [0.2, 0.25) is 0 Å². The summed E-state index contributed by atoms with van der Waals surface area (Å²) in [6, 6.07) is 26.1. The summed E-state index contributed by atoms with van der Waals surface area (Å²) in [5, 5.41) is 12.3. The number of aromatic nitrogens is 8. The number of pyridine rings is 2. The highest BCUT2D eigenvalue weighted by molar-refractivity contribution is 7.88. The number of para-hydroxylation sites is 2. The van der Waals surface area contributed by atoms with Crippen LogP contribution in [-0.2, 0) is 39.7 Å². The van der Waals surface area contributed by atoms with E-state index in [-0.39, 0.29) is 23.4 Å². The van der Waals surface area contributed by atoms with Gasteiger partial charge in [-0.3, -0.25) is 14.7 Å². The zero-order chi connectivity index (χ0) is 67.2. The van der Waals surface area contributed by atoms with E-state index in [0.29, 0.717) is 74.8 Å². The number of rotatable bonds is 8. The Balaban J connectivity index is 0.000000121. The summed E-state index contributed by atoms with van der Waals surface area (Å²) in [5.41, 5.74) is 12.9. The number of nitrogens with zero attached hydrogens (tertiary/aromatic N) is 8. The number of carbonyl (C=O) groups excluding carboxylic acids is 2. The van der Waals surface area contributed by atoms with Crippen molar-refractivity contribution in [2.24, 2.45) is 0 Å². The maximum absolute atomic E-state index is 14.0. The van der Waals surface area contributed by atoms with Crippen molar-refractivity contribution in [1.82, 2.24) is 62.8 Å². The number of carbonyl (C=O) groups is 2. The number of piperidine rings is 2. The van der Waals surface area contributed by atoms with Crippen molar-refractivity contribution in [2.45, 2.75) is 70.6 Å². The van der Waals surface area contributed by atoms with Gasteiger partial charge in [-0.15, -0.1) is 0 Å². The summed E-state index contributed by atoms with van der Waals surface area (Å²) in [6.45, 7) is 9.28. The lowest BCUT2D eigenvalue weighted by atomic mass is 9.89. The maximum atomic E-state index is 14.0. The molecule has 0 atom stereocenters. The number of hydrogen-bond donors (Lipinski definition) is 5. The van der Waals surface area contributed by atoms with Crippen LogP contribution >= 0.6 is 0 Å². The number of benzene rings is 3. The van der Waals surface area contributed by atoms with Gasteiger partial charge in [-0.25, -0.2) is 44.0 Å². The van der Waals surface area contributed by atoms with Crippen molar-refractivity contribution in [3.05, 3.63) is 180 Å². The van der Waals surface area contributed by atoms with Gasteiger partial charge < -0.3 is 29.7 Å². The molecule has 0 aliphatic carbocycles. The molecule has 5 aliphatic heterocycles. The van der Waals surface area contributed by atoms with Gasteiger partial charge in [-0.1, -0.05) is 54.6 Å². The summed E-state index contributed by atoms with van der Waals surface area (Å²) in [7, 11) is -9.34. The van der Waals surface area contributed by atoms with Gasteiger partial charge in [0.05, 0.1) is 35.5 Å². The van der Waals surface area contributed by atoms with E-state index in [1.807, 2.05) is 95.0 Å². The predicted molar refractivity (Wildman–Crippen MR) is 370 cm³/mol. The third-order valence-electron chi connectivity index (χ3n) is 18.4. The number of likely N-dealkylation sites (tertiary alicyclic amines) is 2. The van der Waals surface area contributed by atoms with Crippen LogP contribution in [0.25, 0.3) is 71.5 Å². The molecule has 26 heteroatoms. The number of sulfonamides is 3. The highest BCUT2D eigenvalue weighted by Crippen LogP contribution is 2.37. The monoisotopic (exact) mass is 1350 g/mol. The molecule has 95 heavy (non-hydrogen) atoms. The Kier molecular flexibility index (Phi) is 20.8. The predicted octanol–water partition coefficient (Wildman–Crippen LogP) is 10.9. The molecule has 0 spiro atoms. The van der Waals surface area contributed by atoms with Crippen molar-refractivity contribution in [2.75, 3.05) is 84.2 Å². The number of H-pyrrole nitrogens is 5. The van der Waals surface area contributed by atoms with Crippen molar-refractivity contribution >= 4 is 113 Å². The molecule has 7 aromatic heterocycles. The molecule has 0 saturated carbocycles. The van der Waals surface area contributed by atoms with Crippen LogP contribution in [0, 0.1) is 11.6 Å². The molecule has 0 unspecified atom stereocenters. The zero-order valence-corrected chi connectivity index (χ0v) is 56.2. The minimum Gasteiger partial charge on any atom is -0.361 e. The maximum Gasteiger partial charge on any atom is 0.219 e. The Bertz CT molecular complexity index is 4750. The summed E-state index contributed by atoms with van der Waals surface area (Å²) in [4.78, 5) is 47.5. The number of aromatic amines is 5. The largest absolute Gasteiger partial charge is 0.361 e. The van der Waals surface area contributed by atoms with E-state index in [4.69, 9.17) is 0 Å². The van der Waals surface area contributed by atoms with E-state index >= 15 is 0 Å². The SMILES string of the molecule is CC(=O)N1CCC(c2c[nH]c3cccc(F)c23)CC1.CC(=O)N1CCC(c2c[nH]c3ncccc23)CC1.CS(=O)(=O)N1CC=C(c2c[nH]c3c(F)cccc23)CC1.CS(=O)(=O)N1CC=C(c2c[nH]c3ncccc23)CC1.CS(=O)(=O)N1CC=C(c2n[nH]c3ccccc23)CC1. The van der Waals surface area contributed by atoms with Crippen LogP contribution in [0.3, 0.4) is 0 Å². The number of nitrogens with one attached hydrogen (secondary N) is 5. The lowest BCUT2D eigenvalue weighted by Gasteiger charge is -2.31. The van der Waals surface area contributed by atoms with Gasteiger partial charge in [0.15, 0.2) is 0 Å². The number of hydrogen-bond acceptors (Lipinski definition) is 11. The molecular weight excluding hydrogens is 1270 g/mol. The Morgan fingerprint density at radius 3 is 1.48 bits per heavy atom. The van der Waals surface area contributed by atoms with Gasteiger partial charge in [-0.05, 0) is 133 Å². The summed E-state index contributed by atoms with van der Waals surface area (Å²) in [6.07, 6.45) is 26.8. The third kappa shape index (κ3) is 15.9. The Labute approximate surface area is 551 Å². The van der Waals surface area contributed by atoms with E-state index in [2.05, 4.69) is 52.4 Å². The molecule has 10 aromatic rings. The minimum absolute atomic E-state index is 0.128. The van der Waals surface area contributed by atoms with Crippen LogP contribution in [-0.4, -0.2) is 184 Å². The third-order valence-corrected chi connectivity index (χ3v) is 22.2. The van der Waals surface area contributed by atoms with E-state index in [1.54, 1.807) is 44.6 Å². The molecule has 15 rings (SSSR count). The second-order valence-corrected chi connectivity index (χ2v) is 30.4. The van der Waals surface area contributed by atoms with Crippen LogP contribution in [0.15, 0.2) is 140 Å². The number of halogens is 2. The van der Waals surface area contributed by atoms with Gasteiger partial charge in [0.1, 0.15) is 22.9 Å². The molecule has 12 heterocycles. The minimum atomic E-state index is -3.15. The smallest absolute Gasteiger partial charge is 0.219 e. The fraction of sp³-hybridized carbons (Fsp3) is 0.348. The quantitative estimate of drug-likeness (QED) is 0.0954. The Morgan fingerprint density at radius 1 is 0.474 bits per heavy atom. The van der Waals surface area contributed by atoms with E-state index < -0.39 is 30.1 Å². The van der Waals surface area contributed by atoms with Crippen molar-refractivity contribution in [1.29, 1.82) is 0 Å². The van der Waals surface area contributed by atoms with Crippen molar-refractivity contribution in [3.8, 4) is 0 Å². The molecule has 21 nitrogen and oxygen atoms in total. The number of amides is 2. The van der Waals surface area contributed by atoms with E-state index in [1.165, 1.54) is 60.3 Å². The first-order valence-electron chi connectivity index (χ1n) is 31.7. The van der Waals surface area contributed by atoms with Gasteiger partial charge in [-0.2, -0.15) is 18.0 Å². The van der Waals surface area contributed by atoms with Crippen LogP contribution in [0.5, 0.6) is 0 Å². The Morgan fingerprint density at radius 2 is 0.926 bits per heavy atom. The van der Waals surface area contributed by atoms with Gasteiger partial charge >= 0.3 is 0 Å². The van der Waals surface area contributed by atoms with E-state index in [9.17, 15) is 43.6 Å². The molecule has 2 amide bonds. The molecule has 0 radical (unpaired) electrons. The van der Waals surface area contributed by atoms with Gasteiger partial charge in [0, 0.05) is 160 Å².